The quantitative estimate of drug-likeness (QED) is 0.855. The van der Waals surface area contributed by atoms with Gasteiger partial charge < -0.3 is 14.9 Å². The first-order chi connectivity index (χ1) is 10.0. The Balaban J connectivity index is 2.13. The van der Waals surface area contributed by atoms with E-state index in [-0.39, 0.29) is 6.61 Å². The molecule has 2 aromatic rings. The molecule has 1 unspecified atom stereocenters. The summed E-state index contributed by atoms with van der Waals surface area (Å²) in [4.78, 5) is 0. The van der Waals surface area contributed by atoms with Gasteiger partial charge in [-0.1, -0.05) is 55.5 Å². The largest absolute Gasteiger partial charge is 0.490 e. The molecule has 2 atom stereocenters. The lowest BCUT2D eigenvalue weighted by molar-refractivity contribution is 0.00641. The summed E-state index contributed by atoms with van der Waals surface area (Å²) in [7, 11) is 0. The highest BCUT2D eigenvalue weighted by molar-refractivity contribution is 5.35. The van der Waals surface area contributed by atoms with Crippen LogP contribution in [-0.2, 0) is 5.60 Å². The van der Waals surface area contributed by atoms with Crippen molar-refractivity contribution in [2.24, 2.45) is 0 Å². The van der Waals surface area contributed by atoms with Gasteiger partial charge in [0.15, 0.2) is 0 Å². The van der Waals surface area contributed by atoms with Gasteiger partial charge in [-0.15, -0.1) is 0 Å². The minimum absolute atomic E-state index is 0.129. The molecule has 0 saturated heterocycles. The zero-order valence-electron chi connectivity index (χ0n) is 12.5. The predicted molar refractivity (Wildman–Crippen MR) is 83.2 cm³/mol. The molecule has 0 saturated carbocycles. The van der Waals surface area contributed by atoms with Gasteiger partial charge in [0.05, 0.1) is 6.10 Å². The normalized spacial score (nSPS) is 15.2. The third kappa shape index (κ3) is 3.84. The number of aliphatic hydroxyl groups is 2. The highest BCUT2D eigenvalue weighted by atomic mass is 16.5. The van der Waals surface area contributed by atoms with Crippen LogP contribution >= 0.6 is 0 Å². The molecule has 0 aliphatic heterocycles. The van der Waals surface area contributed by atoms with E-state index < -0.39 is 11.7 Å². The number of hydrogen-bond donors (Lipinski definition) is 2. The number of rotatable bonds is 6. The van der Waals surface area contributed by atoms with Gasteiger partial charge in [0, 0.05) is 5.56 Å². The zero-order valence-corrected chi connectivity index (χ0v) is 12.5. The fraction of sp³-hybridized carbons (Fsp3) is 0.333. The van der Waals surface area contributed by atoms with E-state index in [1.807, 2.05) is 61.5 Å². The number of ether oxygens (including phenoxy) is 1. The van der Waals surface area contributed by atoms with Crippen molar-refractivity contribution < 1.29 is 14.9 Å². The summed E-state index contributed by atoms with van der Waals surface area (Å²) in [6.07, 6.45) is 0.0676. The lowest BCUT2D eigenvalue weighted by Gasteiger charge is -2.25. The Labute approximate surface area is 125 Å². The van der Waals surface area contributed by atoms with E-state index in [2.05, 4.69) is 0 Å². The second kappa shape index (κ2) is 6.74. The average Bonchev–Trinajstić information content (AvgIpc) is 2.53. The topological polar surface area (TPSA) is 49.7 Å². The van der Waals surface area contributed by atoms with Crippen LogP contribution in [0.25, 0.3) is 0 Å². The van der Waals surface area contributed by atoms with Gasteiger partial charge in [-0.2, -0.15) is 0 Å². The fourth-order valence-electron chi connectivity index (χ4n) is 2.21. The van der Waals surface area contributed by atoms with Gasteiger partial charge in [0.25, 0.3) is 0 Å². The Morgan fingerprint density at radius 2 is 1.67 bits per heavy atom. The van der Waals surface area contributed by atoms with E-state index in [0.717, 1.165) is 11.1 Å². The maximum Gasteiger partial charge on any atom is 0.125 e. The van der Waals surface area contributed by atoms with Crippen LogP contribution in [0.3, 0.4) is 0 Å². The smallest absolute Gasteiger partial charge is 0.125 e. The summed E-state index contributed by atoms with van der Waals surface area (Å²) >= 11 is 0. The molecule has 2 rings (SSSR count). The molecular weight excluding hydrogens is 264 g/mol. The molecule has 0 amide bonds. The molecule has 0 radical (unpaired) electrons. The van der Waals surface area contributed by atoms with Crippen LogP contribution in [0, 0.1) is 0 Å². The third-order valence-electron chi connectivity index (χ3n) is 3.57. The molecule has 0 spiro atoms. The maximum absolute atomic E-state index is 10.5. The Kier molecular flexibility index (Phi) is 4.99. The zero-order chi connectivity index (χ0) is 15.3. The number of hydrogen-bond acceptors (Lipinski definition) is 3. The van der Waals surface area contributed by atoms with Gasteiger partial charge in [0.2, 0.25) is 0 Å². The average molecular weight is 286 g/mol. The van der Waals surface area contributed by atoms with Crippen molar-refractivity contribution in [1.29, 1.82) is 0 Å². The molecule has 3 heteroatoms. The standard InChI is InChI=1S/C18H22O3/c1-3-16(19)15-11-7-8-12-17(15)21-13-18(2,20)14-9-5-4-6-10-14/h4-12,16,19-20H,3,13H2,1-2H3/t16-,18?/m0/s1. The molecule has 0 fully saturated rings. The van der Waals surface area contributed by atoms with Crippen molar-refractivity contribution in [2.45, 2.75) is 32.0 Å². The van der Waals surface area contributed by atoms with Crippen LogP contribution in [-0.4, -0.2) is 16.8 Å². The molecule has 112 valence electrons. The van der Waals surface area contributed by atoms with Crippen molar-refractivity contribution >= 4 is 0 Å². The van der Waals surface area contributed by atoms with Crippen molar-refractivity contribution in [2.75, 3.05) is 6.61 Å². The van der Waals surface area contributed by atoms with Crippen molar-refractivity contribution in [3.8, 4) is 5.75 Å². The summed E-state index contributed by atoms with van der Waals surface area (Å²) in [5.74, 6) is 0.614. The highest BCUT2D eigenvalue weighted by Gasteiger charge is 2.24. The monoisotopic (exact) mass is 286 g/mol. The van der Waals surface area contributed by atoms with E-state index in [0.29, 0.717) is 12.2 Å². The second-order valence-electron chi connectivity index (χ2n) is 5.39. The minimum Gasteiger partial charge on any atom is -0.490 e. The number of para-hydroxylation sites is 1. The summed E-state index contributed by atoms with van der Waals surface area (Å²) in [5.41, 5.74) is 0.480. The molecule has 0 aromatic heterocycles. The molecule has 0 heterocycles. The first kappa shape index (κ1) is 15.5. The first-order valence-corrected chi connectivity index (χ1v) is 7.22. The Morgan fingerprint density at radius 1 is 1.05 bits per heavy atom. The molecule has 21 heavy (non-hydrogen) atoms. The van der Waals surface area contributed by atoms with Gasteiger partial charge in [-0.3, -0.25) is 0 Å². The summed E-state index contributed by atoms with van der Waals surface area (Å²) in [6.45, 7) is 3.77. The van der Waals surface area contributed by atoms with Crippen LogP contribution in [0.4, 0.5) is 0 Å². The lowest BCUT2D eigenvalue weighted by atomic mass is 9.97. The lowest BCUT2D eigenvalue weighted by Crippen LogP contribution is -2.29. The number of aliphatic hydroxyl groups excluding tert-OH is 1. The maximum atomic E-state index is 10.5. The predicted octanol–water partition coefficient (Wildman–Crippen LogP) is 3.42. The molecule has 0 aliphatic carbocycles. The molecular formula is C18H22O3. The van der Waals surface area contributed by atoms with Crippen LogP contribution in [0.5, 0.6) is 5.75 Å². The minimum atomic E-state index is -1.08. The Morgan fingerprint density at radius 3 is 2.33 bits per heavy atom. The number of benzene rings is 2. The summed E-state index contributed by atoms with van der Waals surface area (Å²) in [6, 6.07) is 16.8. The van der Waals surface area contributed by atoms with Gasteiger partial charge in [-0.25, -0.2) is 0 Å². The third-order valence-corrected chi connectivity index (χ3v) is 3.57. The summed E-state index contributed by atoms with van der Waals surface area (Å²) in [5, 5.41) is 20.6. The molecule has 0 aliphatic rings. The van der Waals surface area contributed by atoms with Crippen LogP contribution in [0.15, 0.2) is 54.6 Å². The van der Waals surface area contributed by atoms with Crippen molar-refractivity contribution in [3.05, 3.63) is 65.7 Å². The van der Waals surface area contributed by atoms with E-state index in [1.165, 1.54) is 0 Å². The summed E-state index contributed by atoms with van der Waals surface area (Å²) < 4.78 is 5.77. The first-order valence-electron chi connectivity index (χ1n) is 7.22. The van der Waals surface area contributed by atoms with Crippen LogP contribution < -0.4 is 4.74 Å². The van der Waals surface area contributed by atoms with Crippen LogP contribution in [0.2, 0.25) is 0 Å². The van der Waals surface area contributed by atoms with E-state index in [4.69, 9.17) is 4.74 Å². The molecule has 0 bridgehead atoms. The van der Waals surface area contributed by atoms with Gasteiger partial charge in [0.1, 0.15) is 18.0 Å². The van der Waals surface area contributed by atoms with Crippen molar-refractivity contribution in [1.82, 2.24) is 0 Å². The molecule has 2 N–H and O–H groups in total. The highest BCUT2D eigenvalue weighted by Crippen LogP contribution is 2.29. The van der Waals surface area contributed by atoms with E-state index in [9.17, 15) is 10.2 Å². The SMILES string of the molecule is CC[C@H](O)c1ccccc1OCC(C)(O)c1ccccc1. The van der Waals surface area contributed by atoms with Gasteiger partial charge >= 0.3 is 0 Å². The van der Waals surface area contributed by atoms with Crippen LogP contribution in [0.1, 0.15) is 37.5 Å². The van der Waals surface area contributed by atoms with E-state index >= 15 is 0 Å². The van der Waals surface area contributed by atoms with Crippen molar-refractivity contribution in [3.63, 3.8) is 0 Å². The molecule has 3 nitrogen and oxygen atoms in total. The Hall–Kier alpha value is -1.84. The Bertz CT molecular complexity index is 564. The molecule has 2 aromatic carbocycles. The van der Waals surface area contributed by atoms with E-state index in [1.54, 1.807) is 6.92 Å². The fourth-order valence-corrected chi connectivity index (χ4v) is 2.21. The second-order valence-corrected chi connectivity index (χ2v) is 5.39. The van der Waals surface area contributed by atoms with Gasteiger partial charge in [-0.05, 0) is 25.0 Å².